The van der Waals surface area contributed by atoms with Crippen LogP contribution in [0.1, 0.15) is 102 Å². The lowest BCUT2D eigenvalue weighted by Gasteiger charge is -2.41. The van der Waals surface area contributed by atoms with Crippen molar-refractivity contribution in [3.63, 3.8) is 0 Å². The summed E-state index contributed by atoms with van der Waals surface area (Å²) in [5, 5.41) is 9.92. The number of carboxylic acid groups (broad SMARTS) is 1. The number of carboxylic acids is 1. The lowest BCUT2D eigenvalue weighted by molar-refractivity contribution is -0.194. The van der Waals surface area contributed by atoms with E-state index in [1.807, 2.05) is 0 Å². The Balaban J connectivity index is 3.35. The molecule has 1 heterocycles. The minimum atomic E-state index is -2.19. The molecule has 7 nitrogen and oxygen atoms in total. The summed E-state index contributed by atoms with van der Waals surface area (Å²) in [4.78, 5) is 11.9. The van der Waals surface area contributed by atoms with Gasteiger partial charge in [0.05, 0.1) is 31.3 Å². The van der Waals surface area contributed by atoms with Crippen molar-refractivity contribution in [1.82, 2.24) is 0 Å². The largest absolute Gasteiger partial charge is 0.481 e. The van der Waals surface area contributed by atoms with Crippen molar-refractivity contribution in [2.45, 2.75) is 187 Å². The Morgan fingerprint density at radius 1 is 0.860 bits per heavy atom. The van der Waals surface area contributed by atoms with Crippen LogP contribution in [0.3, 0.4) is 0 Å². The first-order valence-corrected chi connectivity index (χ1v) is 25.3. The van der Waals surface area contributed by atoms with Crippen molar-refractivity contribution >= 4 is 30.9 Å². The lowest BCUT2D eigenvalue weighted by Crippen LogP contribution is -2.49. The van der Waals surface area contributed by atoms with E-state index < -0.39 is 43.3 Å². The van der Waals surface area contributed by atoms with Gasteiger partial charge >= 0.3 is 5.97 Å². The van der Waals surface area contributed by atoms with Gasteiger partial charge in [-0.15, -0.1) is 0 Å². The van der Waals surface area contributed by atoms with E-state index in [4.69, 9.17) is 22.8 Å². The maximum absolute atomic E-state index is 11.9. The van der Waals surface area contributed by atoms with Crippen LogP contribution in [0.15, 0.2) is 0 Å². The molecular formula is C33H70O7Si3. The lowest BCUT2D eigenvalue weighted by atomic mass is 9.95. The van der Waals surface area contributed by atoms with Crippen molar-refractivity contribution in [2.24, 2.45) is 11.8 Å². The predicted molar refractivity (Wildman–Crippen MR) is 186 cm³/mol. The molecule has 0 spiro atoms. The Hall–Kier alpha value is -0.0794. The van der Waals surface area contributed by atoms with Crippen LogP contribution in [-0.2, 0) is 27.5 Å². The number of rotatable bonds is 15. The smallest absolute Gasteiger partial charge is 0.305 e. The number of ether oxygens (including phenoxy) is 2. The summed E-state index contributed by atoms with van der Waals surface area (Å²) in [5.41, 5.74) is 0. The highest BCUT2D eigenvalue weighted by molar-refractivity contribution is 6.75. The fourth-order valence-electron chi connectivity index (χ4n) is 4.44. The topological polar surface area (TPSA) is 83.5 Å². The fraction of sp³-hybridized carbons (Fsp3) is 0.970. The van der Waals surface area contributed by atoms with Crippen molar-refractivity contribution in [1.29, 1.82) is 0 Å². The Morgan fingerprint density at radius 2 is 1.35 bits per heavy atom. The average molecular weight is 663 g/mol. The molecule has 1 N–H and O–H groups in total. The van der Waals surface area contributed by atoms with E-state index in [2.05, 4.69) is 122 Å². The molecule has 256 valence electrons. The third-order valence-corrected chi connectivity index (χ3v) is 24.5. The summed E-state index contributed by atoms with van der Waals surface area (Å²) >= 11 is 0. The Kier molecular flexibility index (Phi) is 14.1. The van der Waals surface area contributed by atoms with Gasteiger partial charge in [0.15, 0.2) is 31.2 Å². The third kappa shape index (κ3) is 11.3. The molecule has 0 aliphatic carbocycles. The molecule has 1 fully saturated rings. The minimum Gasteiger partial charge on any atom is -0.481 e. The van der Waals surface area contributed by atoms with Gasteiger partial charge in [-0.2, -0.15) is 0 Å². The molecule has 1 aliphatic heterocycles. The van der Waals surface area contributed by atoms with E-state index in [1.54, 1.807) is 0 Å². The maximum atomic E-state index is 11.9. The van der Waals surface area contributed by atoms with E-state index in [0.29, 0.717) is 13.0 Å². The van der Waals surface area contributed by atoms with Gasteiger partial charge in [0.1, 0.15) is 6.10 Å². The monoisotopic (exact) mass is 662 g/mol. The van der Waals surface area contributed by atoms with Crippen molar-refractivity contribution in [3.05, 3.63) is 0 Å². The Bertz CT molecular complexity index is 886. The molecular weight excluding hydrogens is 593 g/mol. The van der Waals surface area contributed by atoms with Gasteiger partial charge in [-0.25, -0.2) is 0 Å². The second-order valence-corrected chi connectivity index (χ2v) is 32.0. The predicted octanol–water partition coefficient (Wildman–Crippen LogP) is 9.45. The van der Waals surface area contributed by atoms with Crippen molar-refractivity contribution < 1.29 is 32.7 Å². The van der Waals surface area contributed by atoms with Crippen LogP contribution in [0.25, 0.3) is 0 Å². The van der Waals surface area contributed by atoms with Crippen molar-refractivity contribution in [2.75, 3.05) is 6.61 Å². The van der Waals surface area contributed by atoms with Crippen LogP contribution >= 0.6 is 0 Å². The number of aliphatic carboxylic acids is 1. The van der Waals surface area contributed by atoms with Crippen LogP contribution in [-0.4, -0.2) is 73.3 Å². The van der Waals surface area contributed by atoms with Crippen molar-refractivity contribution in [3.8, 4) is 0 Å². The highest BCUT2D eigenvalue weighted by Gasteiger charge is 2.51. The van der Waals surface area contributed by atoms with Gasteiger partial charge in [-0.1, -0.05) is 89.5 Å². The average Bonchev–Trinajstić information content (AvgIpc) is 3.07. The first-order valence-electron chi connectivity index (χ1n) is 16.6. The molecule has 0 bridgehead atoms. The summed E-state index contributed by atoms with van der Waals surface area (Å²) < 4.78 is 34.0. The molecule has 0 aromatic rings. The zero-order valence-electron chi connectivity index (χ0n) is 31.3. The standard InChI is InChI=1S/C33H70O7Si3/c1-19-23(2)26(20-25(21-28(34)35)39-42(15,16)32(7,8)9)37-30-24(3)29(40-43(17,18)33(10,11)12)27(38-30)22-36-41(13,14)31(4,5)6/h23-27,29-30H,19-22H2,1-18H3,(H,34,35)/t23-,24?,25-,26-,27-,29?,30+/m0/s1. The quantitative estimate of drug-likeness (QED) is 0.175. The number of carbonyl (C=O) groups is 1. The fourth-order valence-corrected chi connectivity index (χ4v) is 8.22. The third-order valence-electron chi connectivity index (χ3n) is 11.0. The number of hydrogen-bond donors (Lipinski definition) is 1. The zero-order valence-corrected chi connectivity index (χ0v) is 34.3. The second kappa shape index (κ2) is 14.8. The van der Waals surface area contributed by atoms with E-state index in [1.165, 1.54) is 0 Å². The van der Waals surface area contributed by atoms with Gasteiger partial charge in [-0.05, 0) is 66.7 Å². The first-order chi connectivity index (χ1) is 19.1. The van der Waals surface area contributed by atoms with Gasteiger partial charge in [0.2, 0.25) is 0 Å². The molecule has 10 heteroatoms. The van der Waals surface area contributed by atoms with Crippen LogP contribution < -0.4 is 0 Å². The summed E-state index contributed by atoms with van der Waals surface area (Å²) in [7, 11) is -6.31. The normalized spacial score (nSPS) is 25.1. The molecule has 1 saturated heterocycles. The molecule has 2 unspecified atom stereocenters. The highest BCUT2D eigenvalue weighted by Crippen LogP contribution is 2.44. The molecule has 0 saturated carbocycles. The molecule has 1 rings (SSSR count). The summed E-state index contributed by atoms with van der Waals surface area (Å²) in [6.07, 6.45) is -0.103. The maximum Gasteiger partial charge on any atom is 0.305 e. The number of hydrogen-bond acceptors (Lipinski definition) is 6. The van der Waals surface area contributed by atoms with Crippen LogP contribution in [0.5, 0.6) is 0 Å². The van der Waals surface area contributed by atoms with Crippen LogP contribution in [0.4, 0.5) is 0 Å². The highest BCUT2D eigenvalue weighted by atomic mass is 28.4. The van der Waals surface area contributed by atoms with Gasteiger partial charge in [0, 0.05) is 5.92 Å². The summed E-state index contributed by atoms with van der Waals surface area (Å²) in [6, 6.07) is 0. The summed E-state index contributed by atoms with van der Waals surface area (Å²) in [5.74, 6) is -0.645. The molecule has 43 heavy (non-hydrogen) atoms. The minimum absolute atomic E-state index is 0.00655. The van der Waals surface area contributed by atoms with Crippen LogP contribution in [0.2, 0.25) is 54.4 Å². The molecule has 0 aromatic heterocycles. The first kappa shape index (κ1) is 40.9. The molecule has 7 atom stereocenters. The van der Waals surface area contributed by atoms with E-state index in [-0.39, 0.29) is 51.7 Å². The van der Waals surface area contributed by atoms with Crippen LogP contribution in [0, 0.1) is 11.8 Å². The van der Waals surface area contributed by atoms with Gasteiger partial charge in [-0.3, -0.25) is 4.79 Å². The zero-order chi connectivity index (χ0) is 34.0. The van der Waals surface area contributed by atoms with E-state index >= 15 is 0 Å². The SMILES string of the molecule is CC[C@H](C)[C@H](C[C@@H](CC(=O)O)O[Si](C)(C)C(C)(C)C)O[C@@H]1O[C@@H](CO[Si](C)(C)C(C)(C)C)C(O[Si](C)(C)C(C)(C)C)C1C. The second-order valence-electron chi connectivity index (χ2n) is 17.7. The van der Waals surface area contributed by atoms with E-state index in [0.717, 1.165) is 6.42 Å². The van der Waals surface area contributed by atoms with Gasteiger partial charge < -0.3 is 27.9 Å². The Morgan fingerprint density at radius 3 is 1.77 bits per heavy atom. The summed E-state index contributed by atoms with van der Waals surface area (Å²) in [6.45, 7) is 40.5. The molecule has 1 aliphatic rings. The molecule has 0 aromatic carbocycles. The van der Waals surface area contributed by atoms with Gasteiger partial charge in [0.25, 0.3) is 0 Å². The van der Waals surface area contributed by atoms with E-state index in [9.17, 15) is 9.90 Å². The molecule has 0 radical (unpaired) electrons. The Labute approximate surface area is 268 Å². The molecule has 0 amide bonds.